The Labute approximate surface area is 78.5 Å². The second kappa shape index (κ2) is 2.84. The van der Waals surface area contributed by atoms with Crippen molar-refractivity contribution in [3.63, 3.8) is 0 Å². The maximum atomic E-state index is 5.46. The first kappa shape index (κ1) is 8.75. The summed E-state index contributed by atoms with van der Waals surface area (Å²) in [4.78, 5) is 4.31. The largest absolute Gasteiger partial charge is 0.444 e. The molecule has 1 heterocycles. The van der Waals surface area contributed by atoms with E-state index in [-0.39, 0.29) is 0 Å². The molecule has 13 heavy (non-hydrogen) atoms. The lowest BCUT2D eigenvalue weighted by Gasteiger charge is -2.07. The van der Waals surface area contributed by atoms with Gasteiger partial charge >= 0.3 is 0 Å². The van der Waals surface area contributed by atoms with Crippen molar-refractivity contribution in [1.29, 1.82) is 0 Å². The Kier molecular flexibility index (Phi) is 1.91. The summed E-state index contributed by atoms with van der Waals surface area (Å²) in [6, 6.07) is 0. The van der Waals surface area contributed by atoms with E-state index in [1.165, 1.54) is 12.8 Å². The fraction of sp³-hybridized carbons (Fsp3) is 0.700. The second-order valence-electron chi connectivity index (χ2n) is 4.16. The minimum absolute atomic E-state index is 0.357. The zero-order valence-corrected chi connectivity index (χ0v) is 8.48. The number of aryl methyl sites for hydroxylation is 2. The van der Waals surface area contributed by atoms with Crippen LogP contribution in [0, 0.1) is 13.8 Å². The number of hydrogen-bond donors (Lipinski definition) is 1. The van der Waals surface area contributed by atoms with Crippen molar-refractivity contribution in [1.82, 2.24) is 10.3 Å². The third-order valence-corrected chi connectivity index (χ3v) is 2.74. The molecule has 72 valence electrons. The topological polar surface area (TPSA) is 38.1 Å². The molecule has 1 aliphatic rings. The van der Waals surface area contributed by atoms with Crippen LogP contribution < -0.4 is 5.32 Å². The standard InChI is InChI=1S/C10H16N2O/c1-7-8(2)13-9(12-7)6-11-10(3)4-5-10/h11H,4-6H2,1-3H3. The van der Waals surface area contributed by atoms with Gasteiger partial charge in [-0.25, -0.2) is 4.98 Å². The van der Waals surface area contributed by atoms with E-state index in [0.717, 1.165) is 23.9 Å². The minimum Gasteiger partial charge on any atom is -0.444 e. The predicted molar refractivity (Wildman–Crippen MR) is 50.5 cm³/mol. The molecule has 0 unspecified atom stereocenters. The van der Waals surface area contributed by atoms with Gasteiger partial charge in [-0.3, -0.25) is 0 Å². The maximum absolute atomic E-state index is 5.46. The fourth-order valence-corrected chi connectivity index (χ4v) is 1.27. The highest BCUT2D eigenvalue weighted by atomic mass is 16.4. The number of oxazole rings is 1. The first-order valence-electron chi connectivity index (χ1n) is 4.77. The van der Waals surface area contributed by atoms with Gasteiger partial charge in [-0.1, -0.05) is 0 Å². The molecule has 3 heteroatoms. The molecule has 1 aromatic heterocycles. The van der Waals surface area contributed by atoms with Crippen LogP contribution in [-0.2, 0) is 6.54 Å². The Morgan fingerprint density at radius 1 is 1.46 bits per heavy atom. The van der Waals surface area contributed by atoms with Gasteiger partial charge in [0.1, 0.15) is 5.76 Å². The Bertz CT molecular complexity index is 293. The molecule has 2 rings (SSSR count). The molecule has 1 saturated carbocycles. The molecule has 0 aromatic carbocycles. The summed E-state index contributed by atoms with van der Waals surface area (Å²) < 4.78 is 5.46. The molecule has 0 spiro atoms. The average Bonchev–Trinajstić information content (AvgIpc) is 2.72. The summed E-state index contributed by atoms with van der Waals surface area (Å²) in [6.45, 7) is 6.91. The van der Waals surface area contributed by atoms with Gasteiger partial charge in [0.05, 0.1) is 12.2 Å². The van der Waals surface area contributed by atoms with Crippen molar-refractivity contribution >= 4 is 0 Å². The lowest BCUT2D eigenvalue weighted by atomic mass is 10.3. The number of nitrogens with zero attached hydrogens (tertiary/aromatic N) is 1. The van der Waals surface area contributed by atoms with Crippen LogP contribution in [0.3, 0.4) is 0 Å². The molecule has 0 aliphatic heterocycles. The lowest BCUT2D eigenvalue weighted by Crippen LogP contribution is -2.27. The van der Waals surface area contributed by atoms with Crippen molar-refractivity contribution in [3.8, 4) is 0 Å². The van der Waals surface area contributed by atoms with Crippen LogP contribution in [-0.4, -0.2) is 10.5 Å². The van der Waals surface area contributed by atoms with E-state index in [2.05, 4.69) is 17.2 Å². The summed E-state index contributed by atoms with van der Waals surface area (Å²) in [6.07, 6.45) is 2.54. The number of aromatic nitrogens is 1. The van der Waals surface area contributed by atoms with Crippen molar-refractivity contribution in [2.75, 3.05) is 0 Å². The molecule has 1 fully saturated rings. The Balaban J connectivity index is 1.94. The zero-order valence-electron chi connectivity index (χ0n) is 8.48. The van der Waals surface area contributed by atoms with E-state index in [1.54, 1.807) is 0 Å². The summed E-state index contributed by atoms with van der Waals surface area (Å²) in [7, 11) is 0. The molecule has 0 bridgehead atoms. The highest BCUT2D eigenvalue weighted by Gasteiger charge is 2.36. The van der Waals surface area contributed by atoms with E-state index in [4.69, 9.17) is 4.42 Å². The van der Waals surface area contributed by atoms with Gasteiger partial charge in [-0.05, 0) is 33.6 Å². The number of nitrogens with one attached hydrogen (secondary N) is 1. The summed E-state index contributed by atoms with van der Waals surface area (Å²) in [5, 5.41) is 3.43. The smallest absolute Gasteiger partial charge is 0.208 e. The quantitative estimate of drug-likeness (QED) is 0.772. The van der Waals surface area contributed by atoms with E-state index in [9.17, 15) is 0 Å². The Morgan fingerprint density at radius 2 is 2.15 bits per heavy atom. The van der Waals surface area contributed by atoms with Crippen molar-refractivity contribution in [3.05, 3.63) is 17.3 Å². The Morgan fingerprint density at radius 3 is 2.62 bits per heavy atom. The molecule has 0 radical (unpaired) electrons. The third kappa shape index (κ3) is 1.91. The van der Waals surface area contributed by atoms with E-state index >= 15 is 0 Å². The van der Waals surface area contributed by atoms with Gasteiger partial charge in [0, 0.05) is 5.54 Å². The fourth-order valence-electron chi connectivity index (χ4n) is 1.27. The average molecular weight is 180 g/mol. The van der Waals surface area contributed by atoms with E-state index in [1.807, 2.05) is 13.8 Å². The van der Waals surface area contributed by atoms with Crippen LogP contribution in [0.15, 0.2) is 4.42 Å². The maximum Gasteiger partial charge on any atom is 0.208 e. The molecule has 1 aliphatic carbocycles. The zero-order chi connectivity index (χ0) is 9.47. The molecular formula is C10H16N2O. The highest BCUT2D eigenvalue weighted by molar-refractivity contribution is 5.06. The van der Waals surface area contributed by atoms with Crippen molar-refractivity contribution < 1.29 is 4.42 Å². The molecule has 0 amide bonds. The first-order valence-corrected chi connectivity index (χ1v) is 4.77. The van der Waals surface area contributed by atoms with Gasteiger partial charge in [-0.2, -0.15) is 0 Å². The predicted octanol–water partition coefficient (Wildman–Crippen LogP) is 1.93. The monoisotopic (exact) mass is 180 g/mol. The van der Waals surface area contributed by atoms with Gasteiger partial charge in [0.25, 0.3) is 0 Å². The molecule has 3 nitrogen and oxygen atoms in total. The van der Waals surface area contributed by atoms with Gasteiger partial charge in [-0.15, -0.1) is 0 Å². The first-order chi connectivity index (χ1) is 6.09. The van der Waals surface area contributed by atoms with Gasteiger partial charge in [0.2, 0.25) is 5.89 Å². The lowest BCUT2D eigenvalue weighted by molar-refractivity contribution is 0.422. The summed E-state index contributed by atoms with van der Waals surface area (Å²) >= 11 is 0. The normalized spacial score (nSPS) is 19.0. The number of hydrogen-bond acceptors (Lipinski definition) is 3. The van der Waals surface area contributed by atoms with Crippen molar-refractivity contribution in [2.45, 2.75) is 45.7 Å². The van der Waals surface area contributed by atoms with Crippen LogP contribution in [0.1, 0.15) is 37.1 Å². The van der Waals surface area contributed by atoms with Gasteiger partial charge < -0.3 is 9.73 Å². The van der Waals surface area contributed by atoms with Crippen LogP contribution in [0.4, 0.5) is 0 Å². The van der Waals surface area contributed by atoms with Crippen molar-refractivity contribution in [2.24, 2.45) is 0 Å². The third-order valence-electron chi connectivity index (χ3n) is 2.74. The molecule has 0 atom stereocenters. The molecule has 1 N–H and O–H groups in total. The molecular weight excluding hydrogens is 164 g/mol. The summed E-state index contributed by atoms with van der Waals surface area (Å²) in [5.74, 6) is 1.74. The van der Waals surface area contributed by atoms with Crippen LogP contribution in [0.25, 0.3) is 0 Å². The van der Waals surface area contributed by atoms with Crippen LogP contribution in [0.2, 0.25) is 0 Å². The van der Waals surface area contributed by atoms with Gasteiger partial charge in [0.15, 0.2) is 0 Å². The van der Waals surface area contributed by atoms with Crippen LogP contribution in [0.5, 0.6) is 0 Å². The van der Waals surface area contributed by atoms with E-state index in [0.29, 0.717) is 5.54 Å². The second-order valence-corrected chi connectivity index (χ2v) is 4.16. The van der Waals surface area contributed by atoms with Crippen LogP contribution >= 0.6 is 0 Å². The SMILES string of the molecule is Cc1nc(CNC2(C)CC2)oc1C. The molecule has 1 aromatic rings. The minimum atomic E-state index is 0.357. The Hall–Kier alpha value is -0.830. The van der Waals surface area contributed by atoms with E-state index < -0.39 is 0 Å². The number of rotatable bonds is 3. The highest BCUT2D eigenvalue weighted by Crippen LogP contribution is 2.34. The molecule has 0 saturated heterocycles. The summed E-state index contributed by atoms with van der Waals surface area (Å²) in [5.41, 5.74) is 1.36.